The van der Waals surface area contributed by atoms with Crippen molar-refractivity contribution in [1.82, 2.24) is 4.90 Å². The van der Waals surface area contributed by atoms with E-state index >= 15 is 0 Å². The molecule has 0 spiro atoms. The summed E-state index contributed by atoms with van der Waals surface area (Å²) in [6.45, 7) is 3.49. The van der Waals surface area contributed by atoms with Crippen LogP contribution in [0.4, 0.5) is 0 Å². The van der Waals surface area contributed by atoms with Gasteiger partial charge in [-0.25, -0.2) is 0 Å². The van der Waals surface area contributed by atoms with Crippen LogP contribution in [-0.2, 0) is 9.53 Å². The molecular formula is C10H21NO2. The fraction of sp³-hybridized carbons (Fsp3) is 0.900. The lowest BCUT2D eigenvalue weighted by atomic mass is 10.0. The normalized spacial score (nSPS) is 13.3. The number of hydrogen-bond acceptors (Lipinski definition) is 3. The van der Waals surface area contributed by atoms with E-state index < -0.39 is 0 Å². The Bertz CT molecular complexity index is 146. The highest BCUT2D eigenvalue weighted by molar-refractivity contribution is 5.80. The quantitative estimate of drug-likeness (QED) is 0.599. The molecule has 0 amide bonds. The summed E-state index contributed by atoms with van der Waals surface area (Å²) in [6.07, 6.45) is 1.49. The minimum Gasteiger partial charge on any atom is -0.385 e. The second-order valence-corrected chi connectivity index (χ2v) is 3.70. The van der Waals surface area contributed by atoms with Gasteiger partial charge in [0.05, 0.1) is 0 Å². The maximum Gasteiger partial charge on any atom is 0.137 e. The number of methoxy groups -OCH3 is 1. The monoisotopic (exact) mass is 187 g/mol. The first kappa shape index (κ1) is 12.6. The highest BCUT2D eigenvalue weighted by Crippen LogP contribution is 2.06. The van der Waals surface area contributed by atoms with E-state index in [1.165, 1.54) is 0 Å². The first-order valence-electron chi connectivity index (χ1n) is 4.74. The molecular weight excluding hydrogens is 166 g/mol. The van der Waals surface area contributed by atoms with Gasteiger partial charge < -0.3 is 9.64 Å². The van der Waals surface area contributed by atoms with Crippen molar-refractivity contribution in [2.24, 2.45) is 5.92 Å². The van der Waals surface area contributed by atoms with Crippen LogP contribution in [0, 0.1) is 5.92 Å². The fourth-order valence-electron chi connectivity index (χ4n) is 1.04. The van der Waals surface area contributed by atoms with Crippen molar-refractivity contribution in [2.45, 2.75) is 19.8 Å². The highest BCUT2D eigenvalue weighted by atomic mass is 16.5. The molecule has 0 aliphatic heterocycles. The zero-order valence-corrected chi connectivity index (χ0v) is 9.17. The van der Waals surface area contributed by atoms with Crippen molar-refractivity contribution in [3.8, 4) is 0 Å². The van der Waals surface area contributed by atoms with Crippen LogP contribution in [0.25, 0.3) is 0 Å². The minimum absolute atomic E-state index is 0.139. The van der Waals surface area contributed by atoms with Crippen LogP contribution >= 0.6 is 0 Å². The third-order valence-corrected chi connectivity index (χ3v) is 2.11. The molecule has 0 aromatic heterocycles. The fourth-order valence-corrected chi connectivity index (χ4v) is 1.04. The van der Waals surface area contributed by atoms with Crippen LogP contribution in [-0.4, -0.2) is 45.0 Å². The van der Waals surface area contributed by atoms with Gasteiger partial charge in [0.1, 0.15) is 5.78 Å². The number of nitrogens with zero attached hydrogens (tertiary/aromatic N) is 1. The Balaban J connectivity index is 3.57. The van der Waals surface area contributed by atoms with Crippen molar-refractivity contribution in [2.75, 3.05) is 34.4 Å². The summed E-state index contributed by atoms with van der Waals surface area (Å²) in [5.74, 6) is 0.477. The van der Waals surface area contributed by atoms with Gasteiger partial charge in [-0.3, -0.25) is 4.79 Å². The summed E-state index contributed by atoms with van der Waals surface area (Å²) < 4.78 is 4.93. The smallest absolute Gasteiger partial charge is 0.137 e. The molecule has 0 radical (unpaired) electrons. The number of carbonyl (C=O) groups is 1. The summed E-state index contributed by atoms with van der Waals surface area (Å²) >= 11 is 0. The lowest BCUT2D eigenvalue weighted by Gasteiger charge is -2.12. The molecule has 0 rings (SSSR count). The number of hydrogen-bond donors (Lipinski definition) is 0. The van der Waals surface area contributed by atoms with Crippen LogP contribution < -0.4 is 0 Å². The lowest BCUT2D eigenvalue weighted by molar-refractivity contribution is -0.123. The van der Waals surface area contributed by atoms with Gasteiger partial charge in [-0.05, 0) is 20.5 Å². The molecule has 0 bridgehead atoms. The maximum absolute atomic E-state index is 11.5. The standard InChI is InChI=1S/C10H21NO2/c1-9(6-8-13-4)10(12)5-7-11(2)3/h9H,5-8H2,1-4H3. The number of carbonyl (C=O) groups excluding carboxylic acids is 1. The molecule has 1 unspecified atom stereocenters. The van der Waals surface area contributed by atoms with E-state index in [9.17, 15) is 4.79 Å². The molecule has 3 nitrogen and oxygen atoms in total. The molecule has 0 aromatic rings. The second kappa shape index (κ2) is 7.04. The Labute approximate surface area is 81.1 Å². The number of ether oxygens (including phenoxy) is 1. The molecule has 3 heteroatoms. The van der Waals surface area contributed by atoms with Crippen LogP contribution in [0.1, 0.15) is 19.8 Å². The molecule has 78 valence electrons. The van der Waals surface area contributed by atoms with Gasteiger partial charge in [0.15, 0.2) is 0 Å². The third kappa shape index (κ3) is 6.72. The van der Waals surface area contributed by atoms with E-state index in [4.69, 9.17) is 4.74 Å². The van der Waals surface area contributed by atoms with Gasteiger partial charge >= 0.3 is 0 Å². The second-order valence-electron chi connectivity index (χ2n) is 3.70. The predicted octanol–water partition coefficient (Wildman–Crippen LogP) is 1.18. The molecule has 0 fully saturated rings. The maximum atomic E-state index is 11.5. The topological polar surface area (TPSA) is 29.5 Å². The zero-order chi connectivity index (χ0) is 10.3. The average Bonchev–Trinajstić information content (AvgIpc) is 2.10. The van der Waals surface area contributed by atoms with E-state index in [-0.39, 0.29) is 5.92 Å². The SMILES string of the molecule is COCCC(C)C(=O)CCN(C)C. The molecule has 0 aromatic carbocycles. The Morgan fingerprint density at radius 1 is 1.46 bits per heavy atom. The number of rotatable bonds is 7. The third-order valence-electron chi connectivity index (χ3n) is 2.11. The van der Waals surface area contributed by atoms with Gasteiger partial charge in [0.2, 0.25) is 0 Å². The Kier molecular flexibility index (Phi) is 6.82. The van der Waals surface area contributed by atoms with Crippen molar-refractivity contribution < 1.29 is 9.53 Å². The Morgan fingerprint density at radius 3 is 2.54 bits per heavy atom. The van der Waals surface area contributed by atoms with E-state index in [2.05, 4.69) is 0 Å². The van der Waals surface area contributed by atoms with Crippen LogP contribution in [0.5, 0.6) is 0 Å². The van der Waals surface area contributed by atoms with Gasteiger partial charge in [0.25, 0.3) is 0 Å². The molecule has 13 heavy (non-hydrogen) atoms. The molecule has 0 N–H and O–H groups in total. The average molecular weight is 187 g/mol. The van der Waals surface area contributed by atoms with Crippen molar-refractivity contribution in [1.29, 1.82) is 0 Å². The largest absolute Gasteiger partial charge is 0.385 e. The first-order valence-corrected chi connectivity index (χ1v) is 4.74. The minimum atomic E-state index is 0.139. The molecule has 0 aliphatic rings. The van der Waals surface area contributed by atoms with Gasteiger partial charge in [-0.2, -0.15) is 0 Å². The van der Waals surface area contributed by atoms with Gasteiger partial charge in [-0.15, -0.1) is 0 Å². The summed E-state index contributed by atoms with van der Waals surface area (Å²) in [5, 5.41) is 0. The van der Waals surface area contributed by atoms with Crippen LogP contribution in [0.15, 0.2) is 0 Å². The number of ketones is 1. The van der Waals surface area contributed by atoms with E-state index in [1.807, 2.05) is 25.9 Å². The molecule has 0 aliphatic carbocycles. The first-order chi connectivity index (χ1) is 6.07. The van der Waals surface area contributed by atoms with E-state index in [1.54, 1.807) is 7.11 Å². The summed E-state index contributed by atoms with van der Waals surface area (Å²) in [5.41, 5.74) is 0. The van der Waals surface area contributed by atoms with E-state index in [0.29, 0.717) is 18.8 Å². The molecule has 0 heterocycles. The zero-order valence-electron chi connectivity index (χ0n) is 9.17. The van der Waals surface area contributed by atoms with Gasteiger partial charge in [0, 0.05) is 32.6 Å². The summed E-state index contributed by atoms with van der Waals surface area (Å²) in [4.78, 5) is 13.5. The number of Topliss-reactive ketones (excluding diaryl/α,β-unsaturated/α-hetero) is 1. The lowest BCUT2D eigenvalue weighted by Crippen LogP contribution is -2.20. The predicted molar refractivity (Wildman–Crippen MR) is 53.8 cm³/mol. The summed E-state index contributed by atoms with van der Waals surface area (Å²) in [7, 11) is 5.62. The Hall–Kier alpha value is -0.410. The van der Waals surface area contributed by atoms with Crippen molar-refractivity contribution >= 4 is 5.78 Å². The van der Waals surface area contributed by atoms with Crippen molar-refractivity contribution in [3.63, 3.8) is 0 Å². The van der Waals surface area contributed by atoms with Gasteiger partial charge in [-0.1, -0.05) is 6.92 Å². The van der Waals surface area contributed by atoms with Crippen molar-refractivity contribution in [3.05, 3.63) is 0 Å². The van der Waals surface area contributed by atoms with Crippen LogP contribution in [0.2, 0.25) is 0 Å². The van der Waals surface area contributed by atoms with Crippen LogP contribution in [0.3, 0.4) is 0 Å². The summed E-state index contributed by atoms with van der Waals surface area (Å²) in [6, 6.07) is 0. The Morgan fingerprint density at radius 2 is 2.08 bits per heavy atom. The van der Waals surface area contributed by atoms with E-state index in [0.717, 1.165) is 13.0 Å². The molecule has 1 atom stereocenters. The highest BCUT2D eigenvalue weighted by Gasteiger charge is 2.11. The molecule has 0 saturated carbocycles. The molecule has 0 saturated heterocycles.